The van der Waals surface area contributed by atoms with Crippen LogP contribution in [0.5, 0.6) is 0 Å². The number of nitrogens with one attached hydrogen (secondary N) is 2. The molecule has 0 aliphatic rings. The van der Waals surface area contributed by atoms with E-state index in [9.17, 15) is 14.4 Å². The molecule has 0 spiro atoms. The molecule has 2 amide bonds. The average Bonchev–Trinajstić information content (AvgIpc) is 2.70. The highest BCUT2D eigenvalue weighted by Gasteiger charge is 2.21. The smallest absolute Gasteiger partial charge is 0.261 e. The van der Waals surface area contributed by atoms with Gasteiger partial charge in [-0.25, -0.2) is 4.98 Å². The number of hydrogen-bond acceptors (Lipinski definition) is 5. The standard InChI is InChI=1S/C21H22N4O3S/c1-4-18(19(27)23-15-11-9-14(10-12-15)22-13(2)26)29-21-24-17-8-6-5-7-16(17)20(28)25(21)3/h5-12,18H,4H2,1-3H3,(H,22,26)(H,23,27). The van der Waals surface area contributed by atoms with Gasteiger partial charge in [0.1, 0.15) is 0 Å². The minimum absolute atomic E-state index is 0.137. The van der Waals surface area contributed by atoms with E-state index in [1.165, 1.54) is 23.3 Å². The quantitative estimate of drug-likeness (QED) is 0.480. The molecule has 2 N–H and O–H groups in total. The molecule has 3 rings (SSSR count). The number of hydrogen-bond donors (Lipinski definition) is 2. The Labute approximate surface area is 172 Å². The van der Waals surface area contributed by atoms with Gasteiger partial charge in [-0.2, -0.15) is 0 Å². The van der Waals surface area contributed by atoms with Gasteiger partial charge >= 0.3 is 0 Å². The maximum absolute atomic E-state index is 12.8. The first-order valence-corrected chi connectivity index (χ1v) is 10.1. The summed E-state index contributed by atoms with van der Waals surface area (Å²) in [5, 5.41) is 6.20. The number of amides is 2. The Morgan fingerprint density at radius 2 is 1.69 bits per heavy atom. The summed E-state index contributed by atoms with van der Waals surface area (Å²) in [6.07, 6.45) is 0.573. The largest absolute Gasteiger partial charge is 0.326 e. The zero-order valence-corrected chi connectivity index (χ0v) is 17.2. The molecule has 1 atom stereocenters. The lowest BCUT2D eigenvalue weighted by atomic mass is 10.2. The molecular weight excluding hydrogens is 388 g/mol. The Balaban J connectivity index is 1.77. The van der Waals surface area contributed by atoms with Gasteiger partial charge in [-0.3, -0.25) is 19.0 Å². The lowest BCUT2D eigenvalue weighted by Gasteiger charge is -2.16. The van der Waals surface area contributed by atoms with Crippen molar-refractivity contribution < 1.29 is 9.59 Å². The summed E-state index contributed by atoms with van der Waals surface area (Å²) in [5.41, 5.74) is 1.76. The molecule has 0 aliphatic carbocycles. The van der Waals surface area contributed by atoms with Gasteiger partial charge in [0.25, 0.3) is 5.56 Å². The second-order valence-electron chi connectivity index (χ2n) is 6.54. The normalized spacial score (nSPS) is 11.8. The Kier molecular flexibility index (Phi) is 6.33. The molecular formula is C21H22N4O3S. The van der Waals surface area contributed by atoms with Gasteiger partial charge in [-0.1, -0.05) is 30.8 Å². The van der Waals surface area contributed by atoms with E-state index in [1.807, 2.05) is 13.0 Å². The molecule has 2 aromatic carbocycles. The van der Waals surface area contributed by atoms with Crippen molar-refractivity contribution in [1.82, 2.24) is 9.55 Å². The summed E-state index contributed by atoms with van der Waals surface area (Å²) in [7, 11) is 1.66. The molecule has 0 radical (unpaired) electrons. The van der Waals surface area contributed by atoms with Gasteiger partial charge in [0.05, 0.1) is 16.2 Å². The molecule has 1 aromatic heterocycles. The number of aromatic nitrogens is 2. The number of rotatable bonds is 6. The highest BCUT2D eigenvalue weighted by atomic mass is 32.2. The van der Waals surface area contributed by atoms with Crippen molar-refractivity contribution in [2.45, 2.75) is 30.7 Å². The van der Waals surface area contributed by atoms with Crippen LogP contribution in [0.25, 0.3) is 10.9 Å². The highest BCUT2D eigenvalue weighted by Crippen LogP contribution is 2.25. The lowest BCUT2D eigenvalue weighted by Crippen LogP contribution is -2.27. The molecule has 7 nitrogen and oxygen atoms in total. The van der Waals surface area contributed by atoms with Crippen LogP contribution in [-0.4, -0.2) is 26.6 Å². The number of nitrogens with zero attached hydrogens (tertiary/aromatic N) is 2. The van der Waals surface area contributed by atoms with Crippen LogP contribution in [0, 0.1) is 0 Å². The third-order valence-corrected chi connectivity index (χ3v) is 5.73. The molecule has 0 saturated heterocycles. The van der Waals surface area contributed by atoms with Crippen molar-refractivity contribution >= 4 is 45.9 Å². The summed E-state index contributed by atoms with van der Waals surface area (Å²) < 4.78 is 1.48. The molecule has 0 saturated carbocycles. The van der Waals surface area contributed by atoms with Crippen molar-refractivity contribution in [2.24, 2.45) is 7.05 Å². The van der Waals surface area contributed by atoms with E-state index < -0.39 is 5.25 Å². The second-order valence-corrected chi connectivity index (χ2v) is 7.71. The number of para-hydroxylation sites is 1. The van der Waals surface area contributed by atoms with Crippen LogP contribution in [0.15, 0.2) is 58.5 Å². The van der Waals surface area contributed by atoms with Crippen LogP contribution in [0.4, 0.5) is 11.4 Å². The monoisotopic (exact) mass is 410 g/mol. The maximum atomic E-state index is 12.8. The van der Waals surface area contributed by atoms with Crippen molar-refractivity contribution in [3.8, 4) is 0 Å². The first-order chi connectivity index (χ1) is 13.9. The SMILES string of the molecule is CCC(Sc1nc2ccccc2c(=O)n1C)C(=O)Nc1ccc(NC(C)=O)cc1. The summed E-state index contributed by atoms with van der Waals surface area (Å²) in [5.74, 6) is -0.329. The Hall–Kier alpha value is -3.13. The van der Waals surface area contributed by atoms with Crippen molar-refractivity contribution in [1.29, 1.82) is 0 Å². The third kappa shape index (κ3) is 4.83. The van der Waals surface area contributed by atoms with Crippen LogP contribution in [-0.2, 0) is 16.6 Å². The summed E-state index contributed by atoms with van der Waals surface area (Å²) >= 11 is 1.27. The lowest BCUT2D eigenvalue weighted by molar-refractivity contribution is -0.116. The second kappa shape index (κ2) is 8.91. The molecule has 8 heteroatoms. The minimum Gasteiger partial charge on any atom is -0.326 e. The van der Waals surface area contributed by atoms with Gasteiger partial charge in [-0.05, 0) is 42.8 Å². The molecule has 150 valence electrons. The predicted octanol–water partition coefficient (Wildman–Crippen LogP) is 3.40. The molecule has 1 heterocycles. The fraction of sp³-hybridized carbons (Fsp3) is 0.238. The molecule has 0 aliphatic heterocycles. The van der Waals surface area contributed by atoms with E-state index in [-0.39, 0.29) is 17.4 Å². The van der Waals surface area contributed by atoms with Gasteiger partial charge < -0.3 is 10.6 Å². The van der Waals surface area contributed by atoms with Crippen molar-refractivity contribution in [2.75, 3.05) is 10.6 Å². The Bertz CT molecular complexity index is 1110. The summed E-state index contributed by atoms with van der Waals surface area (Å²) in [6, 6.07) is 14.1. The number of carbonyl (C=O) groups excluding carboxylic acids is 2. The summed E-state index contributed by atoms with van der Waals surface area (Å²) in [6.45, 7) is 3.35. The predicted molar refractivity (Wildman–Crippen MR) is 116 cm³/mol. The molecule has 0 fully saturated rings. The molecule has 3 aromatic rings. The Morgan fingerprint density at radius 3 is 2.31 bits per heavy atom. The van der Waals surface area contributed by atoms with Crippen LogP contribution in [0.3, 0.4) is 0 Å². The number of benzene rings is 2. The fourth-order valence-corrected chi connectivity index (χ4v) is 3.79. The van der Waals surface area contributed by atoms with E-state index in [1.54, 1.807) is 49.5 Å². The molecule has 1 unspecified atom stereocenters. The van der Waals surface area contributed by atoms with Crippen molar-refractivity contribution in [3.63, 3.8) is 0 Å². The van der Waals surface area contributed by atoms with Gasteiger partial charge in [0, 0.05) is 25.3 Å². The first kappa shape index (κ1) is 20.6. The third-order valence-electron chi connectivity index (χ3n) is 4.33. The number of carbonyl (C=O) groups is 2. The fourth-order valence-electron chi connectivity index (χ4n) is 2.82. The van der Waals surface area contributed by atoms with E-state index in [0.29, 0.717) is 33.9 Å². The highest BCUT2D eigenvalue weighted by molar-refractivity contribution is 8.00. The zero-order valence-electron chi connectivity index (χ0n) is 16.4. The topological polar surface area (TPSA) is 93.1 Å². The molecule has 0 bridgehead atoms. The molecule has 29 heavy (non-hydrogen) atoms. The number of thioether (sulfide) groups is 1. The van der Waals surface area contributed by atoms with E-state index in [4.69, 9.17) is 0 Å². The minimum atomic E-state index is -0.413. The zero-order chi connectivity index (χ0) is 21.0. The maximum Gasteiger partial charge on any atom is 0.261 e. The number of fused-ring (bicyclic) bond motifs is 1. The first-order valence-electron chi connectivity index (χ1n) is 9.20. The average molecular weight is 410 g/mol. The number of anilines is 2. The van der Waals surface area contributed by atoms with E-state index in [2.05, 4.69) is 15.6 Å². The van der Waals surface area contributed by atoms with Gasteiger partial charge in [0.15, 0.2) is 5.16 Å². The van der Waals surface area contributed by atoms with E-state index in [0.717, 1.165) is 0 Å². The van der Waals surface area contributed by atoms with Crippen LogP contribution >= 0.6 is 11.8 Å². The van der Waals surface area contributed by atoms with Crippen LogP contribution in [0.1, 0.15) is 20.3 Å². The van der Waals surface area contributed by atoms with Crippen LogP contribution in [0.2, 0.25) is 0 Å². The van der Waals surface area contributed by atoms with E-state index >= 15 is 0 Å². The Morgan fingerprint density at radius 1 is 1.07 bits per heavy atom. The van der Waals surface area contributed by atoms with Gasteiger partial charge in [-0.15, -0.1) is 0 Å². The summed E-state index contributed by atoms with van der Waals surface area (Å²) in [4.78, 5) is 41.0. The van der Waals surface area contributed by atoms with Crippen LogP contribution < -0.4 is 16.2 Å². The van der Waals surface area contributed by atoms with Crippen molar-refractivity contribution in [3.05, 3.63) is 58.9 Å². The van der Waals surface area contributed by atoms with Gasteiger partial charge in [0.2, 0.25) is 11.8 Å².